The van der Waals surface area contributed by atoms with Crippen molar-refractivity contribution in [2.45, 2.75) is 6.92 Å². The maximum absolute atomic E-state index is 4.40. The molecule has 0 atom stereocenters. The first-order chi connectivity index (χ1) is 8.69. The number of hydrogen-bond acceptors (Lipinski definition) is 4. The van der Waals surface area contributed by atoms with Gasteiger partial charge in [0.2, 0.25) is 0 Å². The van der Waals surface area contributed by atoms with E-state index < -0.39 is 0 Å². The zero-order valence-electron chi connectivity index (χ0n) is 9.74. The molecule has 0 saturated heterocycles. The van der Waals surface area contributed by atoms with Crippen LogP contribution in [0.25, 0.3) is 0 Å². The molecule has 1 heterocycles. The molecule has 0 fully saturated rings. The summed E-state index contributed by atoms with van der Waals surface area (Å²) in [5, 5.41) is 6.34. The van der Waals surface area contributed by atoms with Gasteiger partial charge in [0.25, 0.3) is 0 Å². The van der Waals surface area contributed by atoms with Gasteiger partial charge in [0.15, 0.2) is 5.82 Å². The first-order valence-corrected chi connectivity index (χ1v) is 7.05. The molecule has 0 amide bonds. The summed E-state index contributed by atoms with van der Waals surface area (Å²) in [5.41, 5.74) is 0.946. The van der Waals surface area contributed by atoms with Gasteiger partial charge in [-0.15, -0.1) is 0 Å². The van der Waals surface area contributed by atoms with E-state index in [0.717, 1.165) is 27.0 Å². The highest BCUT2D eigenvalue weighted by molar-refractivity contribution is 9.11. The van der Waals surface area contributed by atoms with Crippen LogP contribution in [0, 0.1) is 0 Å². The fourth-order valence-corrected chi connectivity index (χ4v) is 2.57. The average Bonchev–Trinajstić information content (AvgIpc) is 2.34. The Morgan fingerprint density at radius 1 is 1.17 bits per heavy atom. The standard InChI is InChI=1S/C12H12Br2N4/c1-2-16-11-6-15-7-12(18-11)17-10-4-3-8(13)5-9(10)14/h3-7H,2H2,1H3,(H2,16,17,18). The van der Waals surface area contributed by atoms with Gasteiger partial charge in [0, 0.05) is 15.5 Å². The van der Waals surface area contributed by atoms with Crippen LogP contribution in [0.15, 0.2) is 39.5 Å². The summed E-state index contributed by atoms with van der Waals surface area (Å²) in [6.45, 7) is 2.84. The molecule has 0 bridgehead atoms. The number of aromatic nitrogens is 2. The van der Waals surface area contributed by atoms with E-state index in [4.69, 9.17) is 0 Å². The Hall–Kier alpha value is -1.14. The second-order valence-electron chi connectivity index (χ2n) is 3.57. The third kappa shape index (κ3) is 3.43. The smallest absolute Gasteiger partial charge is 0.151 e. The summed E-state index contributed by atoms with van der Waals surface area (Å²) in [4.78, 5) is 8.54. The van der Waals surface area contributed by atoms with Gasteiger partial charge in [0.1, 0.15) is 5.82 Å². The second-order valence-corrected chi connectivity index (χ2v) is 5.34. The lowest BCUT2D eigenvalue weighted by Gasteiger charge is -2.09. The van der Waals surface area contributed by atoms with E-state index in [-0.39, 0.29) is 0 Å². The van der Waals surface area contributed by atoms with Crippen LogP contribution >= 0.6 is 31.9 Å². The van der Waals surface area contributed by atoms with Crippen LogP contribution in [-0.4, -0.2) is 16.5 Å². The minimum absolute atomic E-state index is 0.705. The minimum atomic E-state index is 0.705. The highest BCUT2D eigenvalue weighted by Gasteiger charge is 2.03. The molecule has 0 saturated carbocycles. The highest BCUT2D eigenvalue weighted by Crippen LogP contribution is 2.28. The molecule has 0 aliphatic carbocycles. The molecule has 18 heavy (non-hydrogen) atoms. The zero-order chi connectivity index (χ0) is 13.0. The van der Waals surface area contributed by atoms with Crippen LogP contribution in [0.5, 0.6) is 0 Å². The van der Waals surface area contributed by atoms with Gasteiger partial charge in [-0.25, -0.2) is 4.98 Å². The van der Waals surface area contributed by atoms with Crippen LogP contribution < -0.4 is 10.6 Å². The van der Waals surface area contributed by atoms with Crippen molar-refractivity contribution >= 4 is 49.2 Å². The Balaban J connectivity index is 2.20. The van der Waals surface area contributed by atoms with Crippen LogP contribution in [0.3, 0.4) is 0 Å². The summed E-state index contributed by atoms with van der Waals surface area (Å²) in [7, 11) is 0. The zero-order valence-corrected chi connectivity index (χ0v) is 12.9. The number of anilines is 3. The fraction of sp³-hybridized carbons (Fsp3) is 0.167. The first kappa shape index (κ1) is 13.3. The van der Waals surface area contributed by atoms with E-state index in [0.29, 0.717) is 5.82 Å². The topological polar surface area (TPSA) is 49.8 Å². The number of rotatable bonds is 4. The summed E-state index contributed by atoms with van der Waals surface area (Å²) in [6.07, 6.45) is 3.39. The number of benzene rings is 1. The van der Waals surface area contributed by atoms with Gasteiger partial charge in [-0.1, -0.05) is 15.9 Å². The number of hydrogen-bond donors (Lipinski definition) is 2. The number of halogens is 2. The molecule has 2 aromatic rings. The Labute approximate surface area is 122 Å². The molecule has 1 aromatic carbocycles. The molecular weight excluding hydrogens is 360 g/mol. The van der Waals surface area contributed by atoms with Crippen molar-refractivity contribution < 1.29 is 0 Å². The Morgan fingerprint density at radius 3 is 2.67 bits per heavy atom. The highest BCUT2D eigenvalue weighted by atomic mass is 79.9. The van der Waals surface area contributed by atoms with Crippen molar-refractivity contribution in [3.05, 3.63) is 39.5 Å². The van der Waals surface area contributed by atoms with Gasteiger partial charge in [0.05, 0.1) is 18.1 Å². The molecule has 2 N–H and O–H groups in total. The summed E-state index contributed by atoms with van der Waals surface area (Å²) < 4.78 is 1.99. The van der Waals surface area contributed by atoms with E-state index >= 15 is 0 Å². The van der Waals surface area contributed by atoms with Crippen molar-refractivity contribution in [1.29, 1.82) is 0 Å². The lowest BCUT2D eigenvalue weighted by molar-refractivity contribution is 1.12. The summed E-state index contributed by atoms with van der Waals surface area (Å²) in [5.74, 6) is 1.47. The normalized spacial score (nSPS) is 10.2. The minimum Gasteiger partial charge on any atom is -0.369 e. The summed E-state index contributed by atoms with van der Waals surface area (Å²) >= 11 is 6.92. The predicted molar refractivity (Wildman–Crippen MR) is 81.3 cm³/mol. The van der Waals surface area contributed by atoms with Gasteiger partial charge in [-0.3, -0.25) is 4.98 Å². The fourth-order valence-electron chi connectivity index (χ4n) is 1.42. The van der Waals surface area contributed by atoms with Crippen LogP contribution in [-0.2, 0) is 0 Å². The Bertz CT molecular complexity index is 545. The molecular formula is C12H12Br2N4. The van der Waals surface area contributed by atoms with E-state index in [1.54, 1.807) is 12.4 Å². The second kappa shape index (κ2) is 6.15. The molecule has 1 aromatic heterocycles. The predicted octanol–water partition coefficient (Wildman–Crippen LogP) is 4.18. The molecule has 0 aliphatic rings. The molecule has 2 rings (SSSR count). The SMILES string of the molecule is CCNc1cncc(Nc2ccc(Br)cc2Br)n1. The first-order valence-electron chi connectivity index (χ1n) is 5.47. The Morgan fingerprint density at radius 2 is 1.94 bits per heavy atom. The third-order valence-corrected chi connectivity index (χ3v) is 3.34. The van der Waals surface area contributed by atoms with Gasteiger partial charge in [-0.2, -0.15) is 0 Å². The summed E-state index contributed by atoms with van der Waals surface area (Å²) in [6, 6.07) is 5.91. The van der Waals surface area contributed by atoms with Gasteiger partial charge in [-0.05, 0) is 41.1 Å². The molecule has 0 unspecified atom stereocenters. The van der Waals surface area contributed by atoms with E-state index in [1.165, 1.54) is 0 Å². The van der Waals surface area contributed by atoms with Crippen molar-refractivity contribution in [3.63, 3.8) is 0 Å². The van der Waals surface area contributed by atoms with Crippen LogP contribution in [0.2, 0.25) is 0 Å². The van der Waals surface area contributed by atoms with Crippen LogP contribution in [0.4, 0.5) is 17.3 Å². The van der Waals surface area contributed by atoms with Crippen molar-refractivity contribution in [2.75, 3.05) is 17.2 Å². The van der Waals surface area contributed by atoms with Gasteiger partial charge >= 0.3 is 0 Å². The monoisotopic (exact) mass is 370 g/mol. The average molecular weight is 372 g/mol. The van der Waals surface area contributed by atoms with E-state index in [2.05, 4.69) is 52.5 Å². The lowest BCUT2D eigenvalue weighted by Crippen LogP contribution is -2.02. The van der Waals surface area contributed by atoms with Crippen molar-refractivity contribution in [1.82, 2.24) is 9.97 Å². The molecule has 6 heteroatoms. The van der Waals surface area contributed by atoms with E-state index in [1.807, 2.05) is 25.1 Å². The molecule has 94 valence electrons. The lowest BCUT2D eigenvalue weighted by atomic mass is 10.3. The van der Waals surface area contributed by atoms with Crippen molar-refractivity contribution in [3.8, 4) is 0 Å². The van der Waals surface area contributed by atoms with Crippen LogP contribution in [0.1, 0.15) is 6.92 Å². The quantitative estimate of drug-likeness (QED) is 0.846. The Kier molecular flexibility index (Phi) is 4.54. The third-order valence-electron chi connectivity index (χ3n) is 2.19. The van der Waals surface area contributed by atoms with Gasteiger partial charge < -0.3 is 10.6 Å². The molecule has 4 nitrogen and oxygen atoms in total. The molecule has 0 spiro atoms. The largest absolute Gasteiger partial charge is 0.369 e. The van der Waals surface area contributed by atoms with E-state index in [9.17, 15) is 0 Å². The maximum Gasteiger partial charge on any atom is 0.151 e. The molecule has 0 radical (unpaired) electrons. The number of nitrogens with zero attached hydrogens (tertiary/aromatic N) is 2. The molecule has 0 aliphatic heterocycles. The maximum atomic E-state index is 4.40. The number of nitrogens with one attached hydrogen (secondary N) is 2. The van der Waals surface area contributed by atoms with Crippen molar-refractivity contribution in [2.24, 2.45) is 0 Å².